The summed E-state index contributed by atoms with van der Waals surface area (Å²) in [5.74, 6) is -0.213. The maximum absolute atomic E-state index is 12.5. The minimum Gasteiger partial charge on any atom is -0.477 e. The first-order chi connectivity index (χ1) is 12.5. The number of carbonyl (C=O) groups excluding carboxylic acids is 1. The molecule has 1 amide bonds. The molecule has 0 N–H and O–H groups in total. The quantitative estimate of drug-likeness (QED) is 0.561. The number of hydrogen-bond donors (Lipinski definition) is 0. The van der Waals surface area contributed by atoms with E-state index >= 15 is 0 Å². The second-order valence-corrected chi connectivity index (χ2v) is 5.60. The van der Waals surface area contributed by atoms with Crippen molar-refractivity contribution in [1.29, 1.82) is 5.26 Å². The van der Waals surface area contributed by atoms with E-state index in [1.54, 1.807) is 23.1 Å². The van der Waals surface area contributed by atoms with E-state index in [2.05, 4.69) is 6.07 Å². The van der Waals surface area contributed by atoms with Gasteiger partial charge in [0.1, 0.15) is 0 Å². The van der Waals surface area contributed by atoms with E-state index in [0.717, 1.165) is 5.56 Å². The van der Waals surface area contributed by atoms with Gasteiger partial charge in [-0.15, -0.1) is 0 Å². The second-order valence-electron chi connectivity index (χ2n) is 5.60. The van der Waals surface area contributed by atoms with Crippen molar-refractivity contribution < 1.29 is 14.5 Å². The summed E-state index contributed by atoms with van der Waals surface area (Å²) >= 11 is 0. The van der Waals surface area contributed by atoms with Crippen LogP contribution in [0.5, 0.6) is 5.75 Å². The fourth-order valence-electron chi connectivity index (χ4n) is 2.63. The molecule has 2 aromatic carbocycles. The number of benzene rings is 2. The number of carbonyl (C=O) groups is 1. The van der Waals surface area contributed by atoms with Gasteiger partial charge in [0.2, 0.25) is 0 Å². The van der Waals surface area contributed by atoms with Crippen molar-refractivity contribution in [2.24, 2.45) is 0 Å². The fraction of sp³-hybridized carbons (Fsp3) is 0.263. The Bertz CT molecular complexity index is 827. The van der Waals surface area contributed by atoms with E-state index in [1.807, 2.05) is 26.0 Å². The van der Waals surface area contributed by atoms with E-state index in [9.17, 15) is 14.9 Å². The van der Waals surface area contributed by atoms with E-state index < -0.39 is 4.92 Å². The van der Waals surface area contributed by atoms with Crippen molar-refractivity contribution in [2.75, 3.05) is 13.2 Å². The van der Waals surface area contributed by atoms with Gasteiger partial charge >= 0.3 is 5.69 Å². The standard InChI is InChI=1S/C19H19N3O4/c1-3-21(14(2)16-10-8-15(12-20)9-11-16)19(23)13-26-18-7-5-4-6-17(18)22(24)25/h4-11,14H,3,13H2,1-2H3. The predicted molar refractivity (Wildman–Crippen MR) is 95.6 cm³/mol. The van der Waals surface area contributed by atoms with Crippen LogP contribution in [0.25, 0.3) is 0 Å². The lowest BCUT2D eigenvalue weighted by molar-refractivity contribution is -0.385. The van der Waals surface area contributed by atoms with Gasteiger partial charge in [0.05, 0.1) is 22.6 Å². The Hall–Kier alpha value is -3.40. The molecule has 0 aromatic heterocycles. The Labute approximate surface area is 151 Å². The molecular weight excluding hydrogens is 334 g/mol. The highest BCUT2D eigenvalue weighted by atomic mass is 16.6. The number of ether oxygens (including phenoxy) is 1. The summed E-state index contributed by atoms with van der Waals surface area (Å²) in [7, 11) is 0. The van der Waals surface area contributed by atoms with Gasteiger partial charge in [-0.3, -0.25) is 14.9 Å². The largest absolute Gasteiger partial charge is 0.477 e. The molecule has 0 fully saturated rings. The first-order valence-corrected chi connectivity index (χ1v) is 8.13. The van der Waals surface area contributed by atoms with Crippen molar-refractivity contribution >= 4 is 11.6 Å². The van der Waals surface area contributed by atoms with Gasteiger partial charge in [0.15, 0.2) is 12.4 Å². The lowest BCUT2D eigenvalue weighted by Gasteiger charge is -2.28. The van der Waals surface area contributed by atoms with Gasteiger partial charge in [-0.2, -0.15) is 5.26 Å². The van der Waals surface area contributed by atoms with E-state index in [4.69, 9.17) is 10.00 Å². The fourth-order valence-corrected chi connectivity index (χ4v) is 2.63. The molecule has 0 saturated carbocycles. The van der Waals surface area contributed by atoms with Crippen LogP contribution < -0.4 is 4.74 Å². The smallest absolute Gasteiger partial charge is 0.310 e. The lowest BCUT2D eigenvalue weighted by atomic mass is 10.0. The summed E-state index contributed by atoms with van der Waals surface area (Å²) in [6, 6.07) is 14.8. The number of rotatable bonds is 7. The number of nitrogens with zero attached hydrogens (tertiary/aromatic N) is 3. The number of amides is 1. The Morgan fingerprint density at radius 2 is 1.92 bits per heavy atom. The topological polar surface area (TPSA) is 96.5 Å². The molecule has 26 heavy (non-hydrogen) atoms. The van der Waals surface area contributed by atoms with Gasteiger partial charge in [-0.05, 0) is 37.6 Å². The molecule has 134 valence electrons. The highest BCUT2D eigenvalue weighted by Crippen LogP contribution is 2.26. The van der Waals surface area contributed by atoms with Gasteiger partial charge in [-0.1, -0.05) is 24.3 Å². The van der Waals surface area contributed by atoms with E-state index in [1.165, 1.54) is 18.2 Å². The summed E-state index contributed by atoms with van der Waals surface area (Å²) in [6.07, 6.45) is 0. The van der Waals surface area contributed by atoms with Crippen molar-refractivity contribution in [3.05, 3.63) is 69.8 Å². The number of likely N-dealkylation sites (N-methyl/N-ethyl adjacent to an activating group) is 1. The van der Waals surface area contributed by atoms with Crippen LogP contribution in [0.4, 0.5) is 5.69 Å². The van der Waals surface area contributed by atoms with E-state index in [0.29, 0.717) is 12.1 Å². The van der Waals surface area contributed by atoms with Crippen molar-refractivity contribution in [3.8, 4) is 11.8 Å². The minimum absolute atomic E-state index is 0.0629. The second kappa shape index (κ2) is 8.62. The zero-order chi connectivity index (χ0) is 19.1. The van der Waals surface area contributed by atoms with Gasteiger partial charge < -0.3 is 9.64 Å². The van der Waals surface area contributed by atoms with Gasteiger partial charge in [0, 0.05) is 12.6 Å². The molecule has 0 aliphatic heterocycles. The van der Waals surface area contributed by atoms with Crippen LogP contribution in [0, 0.1) is 21.4 Å². The molecule has 1 atom stereocenters. The number of para-hydroxylation sites is 2. The molecule has 7 heteroatoms. The highest BCUT2D eigenvalue weighted by Gasteiger charge is 2.22. The maximum atomic E-state index is 12.5. The minimum atomic E-state index is -0.545. The zero-order valence-corrected chi connectivity index (χ0v) is 14.6. The number of nitriles is 1. The molecule has 7 nitrogen and oxygen atoms in total. The predicted octanol–water partition coefficient (Wildman–Crippen LogP) is 3.45. The average Bonchev–Trinajstić information content (AvgIpc) is 2.67. The maximum Gasteiger partial charge on any atom is 0.310 e. The normalized spacial score (nSPS) is 11.3. The summed E-state index contributed by atoms with van der Waals surface area (Å²) in [5.41, 5.74) is 1.27. The molecule has 0 heterocycles. The number of nitro groups is 1. The zero-order valence-electron chi connectivity index (χ0n) is 14.6. The van der Waals surface area contributed by atoms with Crippen molar-refractivity contribution in [3.63, 3.8) is 0 Å². The Kier molecular flexibility index (Phi) is 6.28. The molecular formula is C19H19N3O4. The molecule has 0 spiro atoms. The summed E-state index contributed by atoms with van der Waals surface area (Å²) in [4.78, 5) is 24.6. The molecule has 1 unspecified atom stereocenters. The molecule has 0 aliphatic rings. The molecule has 0 bridgehead atoms. The molecule has 0 aliphatic carbocycles. The Balaban J connectivity index is 2.08. The summed E-state index contributed by atoms with van der Waals surface area (Å²) < 4.78 is 5.39. The number of nitro benzene ring substituents is 1. The van der Waals surface area contributed by atoms with Crippen LogP contribution in [0.3, 0.4) is 0 Å². The Morgan fingerprint density at radius 1 is 1.27 bits per heavy atom. The molecule has 0 saturated heterocycles. The van der Waals surface area contributed by atoms with Crippen molar-refractivity contribution in [1.82, 2.24) is 4.90 Å². The highest BCUT2D eigenvalue weighted by molar-refractivity contribution is 5.78. The first kappa shape index (κ1) is 18.9. The molecule has 2 rings (SSSR count). The van der Waals surface area contributed by atoms with Crippen LogP contribution in [0.2, 0.25) is 0 Å². The number of hydrogen-bond acceptors (Lipinski definition) is 5. The average molecular weight is 353 g/mol. The van der Waals surface area contributed by atoms with Gasteiger partial charge in [-0.25, -0.2) is 0 Å². The molecule has 0 radical (unpaired) electrons. The van der Waals surface area contributed by atoms with Crippen LogP contribution in [0.1, 0.15) is 31.0 Å². The first-order valence-electron chi connectivity index (χ1n) is 8.13. The van der Waals surface area contributed by atoms with Gasteiger partial charge in [0.25, 0.3) is 5.91 Å². The monoisotopic (exact) mass is 353 g/mol. The third-order valence-corrected chi connectivity index (χ3v) is 4.06. The van der Waals surface area contributed by atoms with Crippen LogP contribution in [0.15, 0.2) is 48.5 Å². The van der Waals surface area contributed by atoms with Crippen molar-refractivity contribution in [2.45, 2.75) is 19.9 Å². The Morgan fingerprint density at radius 3 is 2.50 bits per heavy atom. The summed E-state index contributed by atoms with van der Waals surface area (Å²) in [5, 5.41) is 19.9. The SMILES string of the molecule is CCN(C(=O)COc1ccccc1[N+](=O)[O-])C(C)c1ccc(C#N)cc1. The third kappa shape index (κ3) is 4.36. The van der Waals surface area contributed by atoms with Crippen LogP contribution in [-0.4, -0.2) is 28.9 Å². The third-order valence-electron chi connectivity index (χ3n) is 4.06. The summed E-state index contributed by atoms with van der Waals surface area (Å²) in [6.45, 7) is 3.90. The van der Waals surface area contributed by atoms with Crippen LogP contribution in [-0.2, 0) is 4.79 Å². The lowest BCUT2D eigenvalue weighted by Crippen LogP contribution is -2.36. The van der Waals surface area contributed by atoms with Crippen LogP contribution >= 0.6 is 0 Å². The van der Waals surface area contributed by atoms with E-state index in [-0.39, 0.29) is 30.0 Å². The molecule has 2 aromatic rings.